The van der Waals surface area contributed by atoms with Gasteiger partial charge in [0.25, 0.3) is 0 Å². The topological polar surface area (TPSA) is 38.0 Å². The normalized spacial score (nSPS) is 10.4. The molecule has 0 bridgehead atoms. The van der Waals surface area contributed by atoms with Crippen molar-refractivity contribution in [1.29, 1.82) is 0 Å². The third-order valence-electron chi connectivity index (χ3n) is 2.35. The molecule has 2 aromatic carbocycles. The SMILES string of the molecule is S=C(N[NH+]=Cc1ccccc1Br)Nc1ccccc1. The second kappa shape index (κ2) is 7.01. The minimum Gasteiger partial charge on any atom is -0.328 e. The van der Waals surface area contributed by atoms with Gasteiger partial charge in [0.05, 0.1) is 5.56 Å². The summed E-state index contributed by atoms with van der Waals surface area (Å²) < 4.78 is 1.02. The lowest BCUT2D eigenvalue weighted by Gasteiger charge is -2.03. The molecule has 3 nitrogen and oxygen atoms in total. The van der Waals surface area contributed by atoms with Crippen molar-refractivity contribution in [2.75, 3.05) is 5.32 Å². The standard InChI is InChI=1S/C14H12BrN3S/c15-13-9-5-4-6-11(13)10-16-18-14(19)17-12-7-2-1-3-8-12/h1-10H,(H2,17,18,19)/p+1. The molecule has 3 N–H and O–H groups in total. The molecular weight excluding hydrogens is 322 g/mol. The van der Waals surface area contributed by atoms with E-state index in [2.05, 4.69) is 31.8 Å². The molecule has 0 aromatic heterocycles. The molecule has 0 unspecified atom stereocenters. The smallest absolute Gasteiger partial charge is 0.228 e. The number of thiocarbonyl (C=S) groups is 1. The number of rotatable bonds is 3. The Morgan fingerprint density at radius 2 is 1.74 bits per heavy atom. The highest BCUT2D eigenvalue weighted by molar-refractivity contribution is 9.10. The summed E-state index contributed by atoms with van der Waals surface area (Å²) in [5.74, 6) is 0. The largest absolute Gasteiger partial charge is 0.328 e. The van der Waals surface area contributed by atoms with Crippen molar-refractivity contribution in [3.8, 4) is 0 Å². The van der Waals surface area contributed by atoms with Crippen LogP contribution in [0.15, 0.2) is 59.1 Å². The average molecular weight is 335 g/mol. The van der Waals surface area contributed by atoms with E-state index in [0.717, 1.165) is 15.7 Å². The first-order valence-corrected chi connectivity index (χ1v) is 6.91. The lowest BCUT2D eigenvalue weighted by molar-refractivity contribution is -0.499. The van der Waals surface area contributed by atoms with Crippen LogP contribution >= 0.6 is 28.1 Å². The molecule has 5 heteroatoms. The van der Waals surface area contributed by atoms with Gasteiger partial charge in [0, 0.05) is 10.2 Å². The van der Waals surface area contributed by atoms with E-state index in [1.807, 2.05) is 60.8 Å². The summed E-state index contributed by atoms with van der Waals surface area (Å²) in [7, 11) is 0. The van der Waals surface area contributed by atoms with Crippen LogP contribution in [0.1, 0.15) is 5.56 Å². The van der Waals surface area contributed by atoms with E-state index in [0.29, 0.717) is 5.11 Å². The Bertz CT molecular complexity index is 584. The number of anilines is 1. The van der Waals surface area contributed by atoms with Gasteiger partial charge in [-0.05, 0) is 52.4 Å². The highest BCUT2D eigenvalue weighted by Crippen LogP contribution is 2.12. The van der Waals surface area contributed by atoms with Crippen molar-refractivity contribution in [3.63, 3.8) is 0 Å². The fourth-order valence-corrected chi connectivity index (χ4v) is 2.03. The van der Waals surface area contributed by atoms with Crippen LogP contribution in [0, 0.1) is 0 Å². The Labute approximate surface area is 125 Å². The molecule has 0 aliphatic heterocycles. The van der Waals surface area contributed by atoms with Gasteiger partial charge < -0.3 is 5.32 Å². The molecule has 0 aliphatic rings. The molecule has 0 aliphatic carbocycles. The van der Waals surface area contributed by atoms with Gasteiger partial charge in [0.1, 0.15) is 0 Å². The number of halogens is 1. The van der Waals surface area contributed by atoms with Crippen LogP contribution in [0.5, 0.6) is 0 Å². The summed E-state index contributed by atoms with van der Waals surface area (Å²) >= 11 is 8.64. The Morgan fingerprint density at radius 1 is 1.05 bits per heavy atom. The maximum absolute atomic E-state index is 5.17. The van der Waals surface area contributed by atoms with Gasteiger partial charge in [0.2, 0.25) is 5.11 Å². The molecule has 0 heterocycles. The zero-order valence-electron chi connectivity index (χ0n) is 10.1. The number of benzene rings is 2. The highest BCUT2D eigenvalue weighted by atomic mass is 79.9. The average Bonchev–Trinajstić information content (AvgIpc) is 2.42. The molecule has 0 radical (unpaired) electrons. The summed E-state index contributed by atoms with van der Waals surface area (Å²) in [6, 6.07) is 17.7. The van der Waals surface area contributed by atoms with E-state index < -0.39 is 0 Å². The molecule has 2 aromatic rings. The lowest BCUT2D eigenvalue weighted by Crippen LogP contribution is -2.82. The van der Waals surface area contributed by atoms with Crippen molar-refractivity contribution >= 4 is 45.2 Å². The van der Waals surface area contributed by atoms with Gasteiger partial charge in [-0.15, -0.1) is 10.5 Å². The van der Waals surface area contributed by atoms with E-state index in [1.54, 1.807) is 0 Å². The van der Waals surface area contributed by atoms with Gasteiger partial charge in [-0.1, -0.05) is 30.3 Å². The molecule has 0 saturated carbocycles. The first kappa shape index (κ1) is 13.7. The maximum atomic E-state index is 5.17. The van der Waals surface area contributed by atoms with Gasteiger partial charge in [0.15, 0.2) is 6.21 Å². The number of nitrogens with one attached hydrogen (secondary N) is 3. The summed E-state index contributed by atoms with van der Waals surface area (Å²) in [4.78, 5) is 0. The first-order valence-electron chi connectivity index (χ1n) is 5.71. The third kappa shape index (κ3) is 4.46. The van der Waals surface area contributed by atoms with Gasteiger partial charge >= 0.3 is 0 Å². The Kier molecular flexibility index (Phi) is 5.06. The van der Waals surface area contributed by atoms with Crippen molar-refractivity contribution in [3.05, 3.63) is 64.6 Å². The van der Waals surface area contributed by atoms with E-state index in [1.165, 1.54) is 0 Å². The van der Waals surface area contributed by atoms with E-state index in [4.69, 9.17) is 12.2 Å². The van der Waals surface area contributed by atoms with E-state index in [-0.39, 0.29) is 0 Å². The van der Waals surface area contributed by atoms with Crippen LogP contribution in [0.3, 0.4) is 0 Å². The van der Waals surface area contributed by atoms with Crippen molar-refractivity contribution in [2.45, 2.75) is 0 Å². The zero-order chi connectivity index (χ0) is 13.5. The van der Waals surface area contributed by atoms with Crippen LogP contribution in [0.2, 0.25) is 0 Å². The van der Waals surface area contributed by atoms with Crippen LogP contribution in [0.25, 0.3) is 0 Å². The van der Waals surface area contributed by atoms with Crippen molar-refractivity contribution in [2.24, 2.45) is 0 Å². The van der Waals surface area contributed by atoms with Gasteiger partial charge in [-0.3, -0.25) is 0 Å². The Balaban J connectivity index is 1.89. The molecule has 96 valence electrons. The number of hydrazone groups is 1. The second-order valence-electron chi connectivity index (χ2n) is 3.76. The van der Waals surface area contributed by atoms with E-state index in [9.17, 15) is 0 Å². The zero-order valence-corrected chi connectivity index (χ0v) is 12.5. The molecule has 19 heavy (non-hydrogen) atoms. The minimum atomic E-state index is 0.509. The fourth-order valence-electron chi connectivity index (χ4n) is 1.46. The summed E-state index contributed by atoms with van der Waals surface area (Å²) in [5.41, 5.74) is 4.89. The molecule has 0 amide bonds. The van der Waals surface area contributed by atoms with Gasteiger partial charge in [-0.2, -0.15) is 0 Å². The Morgan fingerprint density at radius 3 is 2.47 bits per heavy atom. The van der Waals surface area contributed by atoms with E-state index >= 15 is 0 Å². The second-order valence-corrected chi connectivity index (χ2v) is 5.02. The lowest BCUT2D eigenvalue weighted by atomic mass is 10.2. The van der Waals surface area contributed by atoms with Crippen LogP contribution in [-0.4, -0.2) is 11.3 Å². The molecular formula is C14H13BrN3S+. The molecule has 0 spiro atoms. The summed E-state index contributed by atoms with van der Waals surface area (Å²) in [6.45, 7) is 0. The molecule has 0 saturated heterocycles. The van der Waals surface area contributed by atoms with Crippen LogP contribution < -0.4 is 15.8 Å². The van der Waals surface area contributed by atoms with Crippen LogP contribution in [0.4, 0.5) is 5.69 Å². The maximum Gasteiger partial charge on any atom is 0.228 e. The quantitative estimate of drug-likeness (QED) is 0.455. The minimum absolute atomic E-state index is 0.509. The fraction of sp³-hybridized carbons (Fsp3) is 0. The summed E-state index contributed by atoms with van der Waals surface area (Å²) in [5, 5.41) is 6.53. The monoisotopic (exact) mass is 334 g/mol. The molecule has 0 atom stereocenters. The van der Waals surface area contributed by atoms with Gasteiger partial charge in [-0.25, -0.2) is 0 Å². The first-order chi connectivity index (χ1) is 9.25. The molecule has 2 rings (SSSR count). The number of hydrogen-bond donors (Lipinski definition) is 3. The van der Waals surface area contributed by atoms with Crippen molar-refractivity contribution < 1.29 is 5.10 Å². The number of hydrazine groups is 1. The Hall–Kier alpha value is -1.72. The summed E-state index contributed by atoms with van der Waals surface area (Å²) in [6.07, 6.45) is 1.84. The third-order valence-corrected chi connectivity index (χ3v) is 3.28. The number of hydrogen-bond acceptors (Lipinski definition) is 1. The van der Waals surface area contributed by atoms with Crippen LogP contribution in [-0.2, 0) is 0 Å². The molecule has 0 fully saturated rings. The highest BCUT2D eigenvalue weighted by Gasteiger charge is 1.99. The number of para-hydroxylation sites is 1. The van der Waals surface area contributed by atoms with Crippen molar-refractivity contribution in [1.82, 2.24) is 5.43 Å². The predicted octanol–water partition coefficient (Wildman–Crippen LogP) is 1.85. The predicted molar refractivity (Wildman–Crippen MR) is 86.1 cm³/mol.